The number of nitrogens with one attached hydrogen (secondary N) is 1. The second-order valence-electron chi connectivity index (χ2n) is 4.29. The Bertz CT molecular complexity index is 704. The van der Waals surface area contributed by atoms with Crippen LogP contribution in [-0.4, -0.2) is 12.0 Å². The van der Waals surface area contributed by atoms with E-state index >= 15 is 0 Å². The van der Waals surface area contributed by atoms with E-state index in [1.807, 2.05) is 13.1 Å². The third kappa shape index (κ3) is 2.86. The van der Waals surface area contributed by atoms with Gasteiger partial charge in [0.2, 0.25) is 0 Å². The molecule has 5 heteroatoms. The lowest BCUT2D eigenvalue weighted by molar-refractivity contribution is 0.800. The maximum absolute atomic E-state index is 4.81. The van der Waals surface area contributed by atoms with Crippen LogP contribution in [0.1, 0.15) is 5.69 Å². The average molecular weight is 365 g/mol. The van der Waals surface area contributed by atoms with E-state index in [2.05, 4.69) is 57.6 Å². The second kappa shape index (κ2) is 6.18. The minimum atomic E-state index is 0.785. The summed E-state index contributed by atoms with van der Waals surface area (Å²) in [5.41, 5.74) is 2.35. The van der Waals surface area contributed by atoms with Crippen LogP contribution < -0.4 is 5.32 Å². The van der Waals surface area contributed by atoms with Crippen LogP contribution in [0.2, 0.25) is 0 Å². The normalized spacial score (nSPS) is 10.9. The smallest absolute Gasteiger partial charge is 0.134 e. The Morgan fingerprint density at radius 3 is 2.55 bits per heavy atom. The van der Waals surface area contributed by atoms with E-state index in [0.717, 1.165) is 21.0 Å². The molecule has 0 saturated heterocycles. The maximum atomic E-state index is 4.81. The lowest BCUT2D eigenvalue weighted by atomic mass is 10.1. The Balaban J connectivity index is 2.07. The number of hydrogen-bond donors (Lipinski definition) is 1. The fourth-order valence-electron chi connectivity index (χ4n) is 1.99. The topological polar surface area (TPSA) is 24.9 Å². The third-order valence-electron chi connectivity index (χ3n) is 2.86. The third-order valence-corrected chi connectivity index (χ3v) is 5.80. The van der Waals surface area contributed by atoms with Crippen LogP contribution in [0.3, 0.4) is 0 Å². The van der Waals surface area contributed by atoms with Gasteiger partial charge in [-0.1, -0.05) is 30.3 Å². The molecule has 2 aromatic heterocycles. The number of thiazole rings is 1. The van der Waals surface area contributed by atoms with Crippen molar-refractivity contribution in [1.82, 2.24) is 10.3 Å². The molecule has 0 aliphatic rings. The van der Waals surface area contributed by atoms with Gasteiger partial charge >= 0.3 is 0 Å². The number of nitrogens with zero attached hydrogens (tertiary/aromatic N) is 1. The highest BCUT2D eigenvalue weighted by Crippen LogP contribution is 2.39. The summed E-state index contributed by atoms with van der Waals surface area (Å²) in [4.78, 5) is 7.26. The van der Waals surface area contributed by atoms with Crippen LogP contribution in [0.15, 0.2) is 46.3 Å². The van der Waals surface area contributed by atoms with Gasteiger partial charge < -0.3 is 5.32 Å². The first-order chi connectivity index (χ1) is 9.78. The van der Waals surface area contributed by atoms with Crippen LogP contribution in [0.5, 0.6) is 0 Å². The van der Waals surface area contributed by atoms with E-state index in [0.29, 0.717) is 0 Å². The summed E-state index contributed by atoms with van der Waals surface area (Å²) in [5.74, 6) is 0. The van der Waals surface area contributed by atoms with Gasteiger partial charge in [-0.05, 0) is 40.7 Å². The van der Waals surface area contributed by atoms with Gasteiger partial charge in [-0.15, -0.1) is 22.7 Å². The molecule has 102 valence electrons. The number of halogens is 1. The van der Waals surface area contributed by atoms with Gasteiger partial charge in [0.25, 0.3) is 0 Å². The Hall–Kier alpha value is -1.01. The van der Waals surface area contributed by atoms with Gasteiger partial charge in [0.1, 0.15) is 5.01 Å². The molecule has 2 nitrogen and oxygen atoms in total. The molecular weight excluding hydrogens is 352 g/mol. The zero-order valence-electron chi connectivity index (χ0n) is 10.9. The summed E-state index contributed by atoms with van der Waals surface area (Å²) in [6.07, 6.45) is 0. The first-order valence-electron chi connectivity index (χ1n) is 6.23. The van der Waals surface area contributed by atoms with E-state index in [1.54, 1.807) is 22.7 Å². The van der Waals surface area contributed by atoms with Crippen LogP contribution in [0.4, 0.5) is 0 Å². The number of thiophene rings is 1. The van der Waals surface area contributed by atoms with Crippen molar-refractivity contribution in [3.63, 3.8) is 0 Å². The van der Waals surface area contributed by atoms with E-state index < -0.39 is 0 Å². The lowest BCUT2D eigenvalue weighted by Gasteiger charge is -2.00. The minimum absolute atomic E-state index is 0.785. The van der Waals surface area contributed by atoms with Gasteiger partial charge in [-0.25, -0.2) is 4.98 Å². The monoisotopic (exact) mass is 364 g/mol. The number of aromatic nitrogens is 1. The van der Waals surface area contributed by atoms with Crippen LogP contribution >= 0.6 is 38.6 Å². The molecule has 0 saturated carbocycles. The van der Waals surface area contributed by atoms with Crippen molar-refractivity contribution in [3.8, 4) is 20.3 Å². The molecule has 0 atom stereocenters. The molecule has 0 amide bonds. The molecule has 0 unspecified atom stereocenters. The van der Waals surface area contributed by atoms with Crippen molar-refractivity contribution in [2.75, 3.05) is 7.05 Å². The van der Waals surface area contributed by atoms with Crippen molar-refractivity contribution >= 4 is 38.6 Å². The Kier molecular flexibility index (Phi) is 4.31. The van der Waals surface area contributed by atoms with Crippen LogP contribution in [-0.2, 0) is 6.54 Å². The van der Waals surface area contributed by atoms with E-state index in [9.17, 15) is 0 Å². The summed E-state index contributed by atoms with van der Waals surface area (Å²) in [7, 11) is 1.95. The van der Waals surface area contributed by atoms with Gasteiger partial charge in [0, 0.05) is 6.54 Å². The van der Waals surface area contributed by atoms with Crippen LogP contribution in [0.25, 0.3) is 20.3 Å². The maximum Gasteiger partial charge on any atom is 0.134 e. The van der Waals surface area contributed by atoms with E-state index in [4.69, 9.17) is 4.98 Å². The number of hydrogen-bond acceptors (Lipinski definition) is 4. The van der Waals surface area contributed by atoms with Gasteiger partial charge in [0.05, 0.1) is 19.2 Å². The Labute approximate surface area is 134 Å². The first-order valence-corrected chi connectivity index (χ1v) is 8.66. The summed E-state index contributed by atoms with van der Waals surface area (Å²) in [5, 5.41) is 4.29. The van der Waals surface area contributed by atoms with Crippen molar-refractivity contribution in [2.24, 2.45) is 0 Å². The summed E-state index contributed by atoms with van der Waals surface area (Å²) in [6, 6.07) is 14.6. The minimum Gasteiger partial charge on any atom is -0.314 e. The quantitative estimate of drug-likeness (QED) is 0.702. The summed E-state index contributed by atoms with van der Waals surface area (Å²) in [6.45, 7) is 0.785. The highest BCUT2D eigenvalue weighted by molar-refractivity contribution is 9.11. The molecule has 0 spiro atoms. The van der Waals surface area contributed by atoms with Crippen molar-refractivity contribution in [1.29, 1.82) is 0 Å². The average Bonchev–Trinajstić information content (AvgIpc) is 3.07. The van der Waals surface area contributed by atoms with E-state index in [-0.39, 0.29) is 0 Å². The Morgan fingerprint density at radius 2 is 1.90 bits per heavy atom. The first kappa shape index (κ1) is 13.9. The molecule has 1 aromatic carbocycles. The zero-order valence-corrected chi connectivity index (χ0v) is 14.1. The fraction of sp³-hybridized carbons (Fsp3) is 0.133. The van der Waals surface area contributed by atoms with Crippen molar-refractivity contribution < 1.29 is 0 Å². The second-order valence-corrected chi connectivity index (χ2v) is 7.76. The van der Waals surface area contributed by atoms with Gasteiger partial charge in [0.15, 0.2) is 0 Å². The van der Waals surface area contributed by atoms with Gasteiger partial charge in [-0.3, -0.25) is 0 Å². The van der Waals surface area contributed by atoms with Gasteiger partial charge in [-0.2, -0.15) is 0 Å². The SMILES string of the molecule is CNCc1nc(-c2ccc(Br)s2)sc1-c1ccccc1. The molecule has 3 rings (SSSR count). The molecule has 1 N–H and O–H groups in total. The highest BCUT2D eigenvalue weighted by Gasteiger charge is 2.14. The molecule has 0 bridgehead atoms. The molecule has 3 aromatic rings. The Morgan fingerprint density at radius 1 is 1.10 bits per heavy atom. The standard InChI is InChI=1S/C15H13BrN2S2/c1-17-9-11-14(10-5-3-2-4-6-10)20-15(18-11)12-7-8-13(16)19-12/h2-8,17H,9H2,1H3. The molecule has 2 heterocycles. The molecule has 0 radical (unpaired) electrons. The predicted octanol–water partition coefficient (Wildman–Crippen LogP) is 5.02. The molecule has 0 aliphatic heterocycles. The van der Waals surface area contributed by atoms with Crippen molar-refractivity contribution in [2.45, 2.75) is 6.54 Å². The fourth-order valence-corrected chi connectivity index (χ4v) is 4.52. The van der Waals surface area contributed by atoms with Crippen LogP contribution in [0, 0.1) is 0 Å². The number of rotatable bonds is 4. The summed E-state index contributed by atoms with van der Waals surface area (Å²) >= 11 is 6.99. The lowest BCUT2D eigenvalue weighted by Crippen LogP contribution is -2.06. The molecule has 0 aliphatic carbocycles. The van der Waals surface area contributed by atoms with Crippen molar-refractivity contribution in [3.05, 3.63) is 51.9 Å². The number of benzene rings is 1. The predicted molar refractivity (Wildman–Crippen MR) is 91.3 cm³/mol. The molecule has 20 heavy (non-hydrogen) atoms. The molecule has 0 fully saturated rings. The highest BCUT2D eigenvalue weighted by atomic mass is 79.9. The molecular formula is C15H13BrN2S2. The van der Waals surface area contributed by atoms with E-state index in [1.165, 1.54) is 15.3 Å². The zero-order chi connectivity index (χ0) is 13.9. The largest absolute Gasteiger partial charge is 0.314 e. The summed E-state index contributed by atoms with van der Waals surface area (Å²) < 4.78 is 1.14.